The van der Waals surface area contributed by atoms with E-state index in [4.69, 9.17) is 18.9 Å². The van der Waals surface area contributed by atoms with Gasteiger partial charge in [0.15, 0.2) is 41.6 Å². The van der Waals surface area contributed by atoms with E-state index in [1.54, 1.807) is 30.4 Å². The molecule has 0 fully saturated rings. The first-order chi connectivity index (χ1) is 22.1. The largest absolute Gasteiger partial charge is 0.507 e. The monoisotopic (exact) mass is 645 g/mol. The third-order valence-electron chi connectivity index (χ3n) is 9.01. The Morgan fingerprint density at radius 3 is 2.67 bits per heavy atom. The first-order valence-electron chi connectivity index (χ1n) is 14.6. The highest BCUT2D eigenvalue weighted by Crippen LogP contribution is 2.61. The molecule has 5 aliphatic rings. The van der Waals surface area contributed by atoms with Crippen LogP contribution in [-0.2, 0) is 19.9 Å². The van der Waals surface area contributed by atoms with Crippen molar-refractivity contribution >= 4 is 35.9 Å². The maximum atomic E-state index is 14.1. The van der Waals surface area contributed by atoms with Crippen molar-refractivity contribution in [1.82, 2.24) is 4.98 Å². The van der Waals surface area contributed by atoms with Crippen LogP contribution in [0.3, 0.4) is 0 Å². The molecule has 236 valence electrons. The Morgan fingerprint density at radius 2 is 1.89 bits per heavy atom. The molecule has 1 aromatic heterocycles. The van der Waals surface area contributed by atoms with Crippen molar-refractivity contribution in [2.75, 3.05) is 6.79 Å². The van der Waals surface area contributed by atoms with Gasteiger partial charge in [-0.3, -0.25) is 19.2 Å². The van der Waals surface area contributed by atoms with E-state index < -0.39 is 81.5 Å². The van der Waals surface area contributed by atoms with E-state index in [9.17, 15) is 34.2 Å². The molecule has 0 amide bonds. The first kappa shape index (κ1) is 30.0. The zero-order valence-electron chi connectivity index (χ0n) is 24.2. The second-order valence-electron chi connectivity index (χ2n) is 11.5. The third-order valence-corrected chi connectivity index (χ3v) is 9.25. The smallest absolute Gasteiger partial charge is 0.331 e. The number of nitrogens with one attached hydrogen (secondary N) is 1. The summed E-state index contributed by atoms with van der Waals surface area (Å²) < 4.78 is 23.5. The minimum Gasteiger partial charge on any atom is -0.507 e. The number of ketones is 3. The minimum absolute atomic E-state index is 0.0232. The molecule has 12 nitrogen and oxygen atoms in total. The van der Waals surface area contributed by atoms with Crippen LogP contribution in [0.2, 0.25) is 0 Å². The van der Waals surface area contributed by atoms with Crippen LogP contribution in [0.5, 0.6) is 17.2 Å². The van der Waals surface area contributed by atoms with Gasteiger partial charge in [-0.1, -0.05) is 36.5 Å². The summed E-state index contributed by atoms with van der Waals surface area (Å²) in [6, 6.07) is 1.24. The van der Waals surface area contributed by atoms with Crippen LogP contribution in [0.4, 0.5) is 0 Å². The molecule has 0 spiro atoms. The number of Topliss-reactive ketones (excluding diaryl/α,β-unsaturated/α-hetero) is 3. The van der Waals surface area contributed by atoms with Crippen LogP contribution in [0.1, 0.15) is 68.1 Å². The maximum absolute atomic E-state index is 14.1. The fraction of sp³-hybridized carbons (Fsp3) is 0.303. The Balaban J connectivity index is 1.33. The Labute approximate surface area is 266 Å². The number of carbonyl (C=O) groups is 4. The summed E-state index contributed by atoms with van der Waals surface area (Å²) in [7, 11) is 0. The summed E-state index contributed by atoms with van der Waals surface area (Å²) in [5.74, 6) is -6.49. The summed E-state index contributed by atoms with van der Waals surface area (Å²) in [6.45, 7) is 1.53. The van der Waals surface area contributed by atoms with Gasteiger partial charge in [-0.05, 0) is 31.9 Å². The average Bonchev–Trinajstić information content (AvgIpc) is 3.02. The molecular formula is C33H27NO11S. The van der Waals surface area contributed by atoms with E-state index in [2.05, 4.69) is 17.6 Å². The molecule has 1 aromatic carbocycles. The van der Waals surface area contributed by atoms with E-state index in [0.717, 1.165) is 0 Å². The molecular weight excluding hydrogens is 618 g/mol. The molecule has 2 aliphatic heterocycles. The molecule has 6 atom stereocenters. The predicted octanol–water partition coefficient (Wildman–Crippen LogP) is 3.18. The van der Waals surface area contributed by atoms with E-state index in [-0.39, 0.29) is 52.8 Å². The van der Waals surface area contributed by atoms with Gasteiger partial charge in [0.1, 0.15) is 17.4 Å². The standard InChI is InChI=1S/C33H27NO11S/c1-2-3-4-5-6-10-20(35)44-17-9-7-8-14-26(37)23-27(38)24-22-18(42-13-43-29(22)30(23)45-28(14)17)12-16-25(36)15-11-19(46)34-32(40)21(15)31(39)33(16,24)41/h2-7,9-11,14,16-18,28,38,41H,8,12-13H2,1H3,(H2,34,40,46)/b3-2+,5-4+,10-6+/t14-,16+,17+,18+,28?,33+/m0/s1. The second kappa shape index (κ2) is 11.0. The lowest BCUT2D eigenvalue weighted by molar-refractivity contribution is -0.146. The number of rotatable bonds is 4. The number of carbonyl (C=O) groups excluding carboxylic acids is 4. The number of esters is 1. The van der Waals surface area contributed by atoms with Crippen LogP contribution in [0.15, 0.2) is 64.5 Å². The molecule has 3 heterocycles. The molecule has 2 aromatic rings. The topological polar surface area (TPSA) is 179 Å². The second-order valence-corrected chi connectivity index (χ2v) is 12.0. The van der Waals surface area contributed by atoms with Gasteiger partial charge in [-0.15, -0.1) is 12.6 Å². The van der Waals surface area contributed by atoms with Gasteiger partial charge in [-0.2, -0.15) is 0 Å². The van der Waals surface area contributed by atoms with Crippen molar-refractivity contribution < 1.29 is 48.3 Å². The molecule has 0 saturated carbocycles. The highest BCUT2D eigenvalue weighted by atomic mass is 32.1. The number of pyridine rings is 1. The lowest BCUT2D eigenvalue weighted by Crippen LogP contribution is -2.56. The number of allylic oxidation sites excluding steroid dienone is 6. The number of phenolic OH excluding ortho intramolecular Hbond substituents is 1. The summed E-state index contributed by atoms with van der Waals surface area (Å²) >= 11 is 4.11. The fourth-order valence-corrected chi connectivity index (χ4v) is 7.25. The van der Waals surface area contributed by atoms with E-state index >= 15 is 0 Å². The van der Waals surface area contributed by atoms with Crippen LogP contribution in [-0.4, -0.2) is 57.5 Å². The van der Waals surface area contributed by atoms with Gasteiger partial charge in [0.05, 0.1) is 28.5 Å². The number of fused-ring (bicyclic) bond motifs is 6. The number of aromatic hydroxyl groups is 1. The lowest BCUT2D eigenvalue weighted by Gasteiger charge is -2.48. The minimum atomic E-state index is -2.73. The number of hydrogen-bond acceptors (Lipinski definition) is 12. The molecule has 3 N–H and O–H groups in total. The van der Waals surface area contributed by atoms with E-state index in [1.165, 1.54) is 18.2 Å². The molecule has 13 heteroatoms. The van der Waals surface area contributed by atoms with Gasteiger partial charge in [0, 0.05) is 22.8 Å². The van der Waals surface area contributed by atoms with E-state index in [0.29, 0.717) is 0 Å². The number of H-pyrrole nitrogens is 1. The van der Waals surface area contributed by atoms with Gasteiger partial charge in [-0.25, -0.2) is 4.79 Å². The van der Waals surface area contributed by atoms with Crippen LogP contribution >= 0.6 is 12.6 Å². The number of benzene rings is 1. The van der Waals surface area contributed by atoms with Crippen molar-refractivity contribution in [3.63, 3.8) is 0 Å². The quantitative estimate of drug-likeness (QED) is 0.126. The van der Waals surface area contributed by atoms with Crippen LogP contribution < -0.4 is 15.0 Å². The molecule has 46 heavy (non-hydrogen) atoms. The lowest BCUT2D eigenvalue weighted by atomic mass is 9.60. The fourth-order valence-electron chi connectivity index (χ4n) is 7.01. The number of aromatic amines is 1. The molecule has 0 bridgehead atoms. The maximum Gasteiger partial charge on any atom is 0.331 e. The summed E-state index contributed by atoms with van der Waals surface area (Å²) in [6.07, 6.45) is 10.1. The number of aromatic nitrogens is 1. The average molecular weight is 646 g/mol. The number of phenols is 1. The molecule has 7 rings (SSSR count). The zero-order valence-corrected chi connectivity index (χ0v) is 25.1. The van der Waals surface area contributed by atoms with Crippen molar-refractivity contribution in [2.45, 2.75) is 48.7 Å². The Bertz CT molecular complexity index is 1920. The van der Waals surface area contributed by atoms with Crippen molar-refractivity contribution in [2.24, 2.45) is 11.8 Å². The van der Waals surface area contributed by atoms with Gasteiger partial charge >= 0.3 is 5.97 Å². The SMILES string of the molecule is C/C=C/C=C/C=C/C(=O)O[C@@H]1C=CC[C@H]2C(=O)c3c(O)c4c5c(c3OC12)OCO[C@@H]5C[C@@H]1C(=O)c2cc(S)[nH]c(=O)c2C(=O)[C@]41O. The Hall–Kier alpha value is -4.72. The highest BCUT2D eigenvalue weighted by molar-refractivity contribution is 7.80. The van der Waals surface area contributed by atoms with Gasteiger partial charge < -0.3 is 34.1 Å². The van der Waals surface area contributed by atoms with Crippen LogP contribution in [0.25, 0.3) is 0 Å². The molecule has 0 saturated heterocycles. The van der Waals surface area contributed by atoms with Gasteiger partial charge in [0.25, 0.3) is 5.56 Å². The van der Waals surface area contributed by atoms with Gasteiger partial charge in [0.2, 0.25) is 5.78 Å². The summed E-state index contributed by atoms with van der Waals surface area (Å²) in [4.78, 5) is 69.7. The number of aliphatic hydroxyl groups is 1. The molecule has 1 unspecified atom stereocenters. The first-order valence-corrected chi connectivity index (χ1v) is 15.0. The molecule has 3 aliphatic carbocycles. The normalized spacial score (nSPS) is 29.1. The number of ether oxygens (including phenoxy) is 4. The Morgan fingerprint density at radius 1 is 1.11 bits per heavy atom. The summed E-state index contributed by atoms with van der Waals surface area (Å²) in [5.41, 5.74) is -5.23. The number of thiol groups is 1. The van der Waals surface area contributed by atoms with Crippen molar-refractivity contribution in [3.8, 4) is 17.2 Å². The van der Waals surface area contributed by atoms with E-state index in [1.807, 2.05) is 13.0 Å². The Kier molecular flexibility index (Phi) is 7.14. The van der Waals surface area contributed by atoms with Crippen molar-refractivity contribution in [1.29, 1.82) is 0 Å². The molecule has 0 radical (unpaired) electrons. The highest BCUT2D eigenvalue weighted by Gasteiger charge is 2.63. The van der Waals surface area contributed by atoms with Crippen LogP contribution in [0, 0.1) is 11.8 Å². The predicted molar refractivity (Wildman–Crippen MR) is 161 cm³/mol. The number of hydrogen-bond donors (Lipinski definition) is 4. The van der Waals surface area contributed by atoms with Crippen molar-refractivity contribution in [3.05, 3.63) is 92.8 Å². The summed E-state index contributed by atoms with van der Waals surface area (Å²) in [5, 5.41) is 24.0. The zero-order chi connectivity index (χ0) is 32.5. The third kappa shape index (κ3) is 4.26.